The van der Waals surface area contributed by atoms with Gasteiger partial charge in [-0.15, -0.1) is 0 Å². The Morgan fingerprint density at radius 3 is 2.47 bits per heavy atom. The lowest BCUT2D eigenvalue weighted by atomic mass is 9.85. The third-order valence-corrected chi connectivity index (χ3v) is 4.46. The number of aliphatic hydroxyl groups excluding tert-OH is 1. The lowest BCUT2D eigenvalue weighted by molar-refractivity contribution is -0.205. The average molecular weight is 241 g/mol. The monoisotopic (exact) mass is 241 g/mol. The first kappa shape index (κ1) is 11.9. The molecule has 3 fully saturated rings. The van der Waals surface area contributed by atoms with E-state index in [0.717, 1.165) is 32.4 Å². The van der Waals surface area contributed by atoms with Gasteiger partial charge in [0.25, 0.3) is 0 Å². The third-order valence-electron chi connectivity index (χ3n) is 4.46. The molecular formula is C13H23NO3. The summed E-state index contributed by atoms with van der Waals surface area (Å²) in [6.45, 7) is 3.67. The largest absolute Gasteiger partial charge is 0.391 e. The third kappa shape index (κ3) is 2.36. The molecule has 0 amide bonds. The van der Waals surface area contributed by atoms with Crippen LogP contribution in [0.5, 0.6) is 0 Å². The fourth-order valence-corrected chi connectivity index (χ4v) is 3.50. The van der Waals surface area contributed by atoms with Crippen molar-refractivity contribution in [1.29, 1.82) is 0 Å². The van der Waals surface area contributed by atoms with Gasteiger partial charge in [0.2, 0.25) is 0 Å². The zero-order valence-corrected chi connectivity index (χ0v) is 10.4. The van der Waals surface area contributed by atoms with Gasteiger partial charge in [-0.05, 0) is 32.4 Å². The van der Waals surface area contributed by atoms with Crippen LogP contribution in [0.4, 0.5) is 0 Å². The van der Waals surface area contributed by atoms with Crippen molar-refractivity contribution in [3.63, 3.8) is 0 Å². The molecule has 0 aromatic rings. The van der Waals surface area contributed by atoms with E-state index in [0.29, 0.717) is 13.2 Å². The summed E-state index contributed by atoms with van der Waals surface area (Å²) in [4.78, 5) is 2.44. The van der Waals surface area contributed by atoms with E-state index >= 15 is 0 Å². The smallest absolute Gasteiger partial charge is 0.170 e. The maximum atomic E-state index is 10.2. The fourth-order valence-electron chi connectivity index (χ4n) is 3.50. The van der Waals surface area contributed by atoms with Crippen molar-refractivity contribution >= 4 is 0 Å². The summed E-state index contributed by atoms with van der Waals surface area (Å²) in [6, 6.07) is 0.238. The van der Waals surface area contributed by atoms with Gasteiger partial charge in [0.15, 0.2) is 5.79 Å². The summed E-state index contributed by atoms with van der Waals surface area (Å²) >= 11 is 0. The van der Waals surface area contributed by atoms with Crippen LogP contribution in [0.2, 0.25) is 0 Å². The molecule has 2 aliphatic heterocycles. The zero-order valence-electron chi connectivity index (χ0n) is 10.4. The van der Waals surface area contributed by atoms with Crippen LogP contribution in [0.3, 0.4) is 0 Å². The summed E-state index contributed by atoms with van der Waals surface area (Å²) < 4.78 is 11.6. The molecule has 3 aliphatic rings. The van der Waals surface area contributed by atoms with Gasteiger partial charge in [0.05, 0.1) is 19.3 Å². The first-order valence-corrected chi connectivity index (χ1v) is 6.99. The molecule has 4 heteroatoms. The summed E-state index contributed by atoms with van der Waals surface area (Å²) in [7, 11) is 0. The molecule has 2 heterocycles. The predicted molar refractivity (Wildman–Crippen MR) is 63.7 cm³/mol. The van der Waals surface area contributed by atoms with Crippen LogP contribution in [0.25, 0.3) is 0 Å². The Balaban J connectivity index is 1.68. The molecule has 17 heavy (non-hydrogen) atoms. The number of aliphatic hydroxyl groups is 1. The highest BCUT2D eigenvalue weighted by Gasteiger charge is 2.46. The van der Waals surface area contributed by atoms with Crippen molar-refractivity contribution in [3.05, 3.63) is 0 Å². The van der Waals surface area contributed by atoms with Crippen LogP contribution in [0, 0.1) is 0 Å². The van der Waals surface area contributed by atoms with Gasteiger partial charge >= 0.3 is 0 Å². The van der Waals surface area contributed by atoms with E-state index in [1.165, 1.54) is 19.3 Å². The van der Waals surface area contributed by atoms with E-state index in [9.17, 15) is 5.11 Å². The normalized spacial score (nSPS) is 38.6. The zero-order chi connectivity index (χ0) is 11.7. The number of ether oxygens (including phenoxy) is 2. The molecule has 4 nitrogen and oxygen atoms in total. The Hall–Kier alpha value is -0.160. The highest BCUT2D eigenvalue weighted by atomic mass is 16.7. The molecule has 98 valence electrons. The average Bonchev–Trinajstić information content (AvgIpc) is 2.82. The molecule has 3 rings (SSSR count). The minimum absolute atomic E-state index is 0.202. The van der Waals surface area contributed by atoms with E-state index in [2.05, 4.69) is 4.90 Å². The molecule has 1 N–H and O–H groups in total. The van der Waals surface area contributed by atoms with Crippen LogP contribution in [-0.2, 0) is 9.47 Å². The van der Waals surface area contributed by atoms with Gasteiger partial charge in [-0.3, -0.25) is 4.90 Å². The number of hydrogen-bond acceptors (Lipinski definition) is 4. The van der Waals surface area contributed by atoms with Crippen LogP contribution in [-0.4, -0.2) is 54.2 Å². The van der Waals surface area contributed by atoms with Gasteiger partial charge in [-0.1, -0.05) is 6.42 Å². The molecule has 2 saturated heterocycles. The molecule has 1 spiro atoms. The second-order valence-electron chi connectivity index (χ2n) is 5.58. The molecule has 2 unspecified atom stereocenters. The van der Waals surface area contributed by atoms with Crippen LogP contribution >= 0.6 is 0 Å². The Bertz CT molecular complexity index is 259. The first-order chi connectivity index (χ1) is 8.29. The van der Waals surface area contributed by atoms with Crippen molar-refractivity contribution < 1.29 is 14.6 Å². The topological polar surface area (TPSA) is 41.9 Å². The molecule has 1 aliphatic carbocycles. The molecule has 0 aromatic heterocycles. The van der Waals surface area contributed by atoms with Crippen molar-refractivity contribution in [3.8, 4) is 0 Å². The number of likely N-dealkylation sites (tertiary alicyclic amines) is 1. The number of nitrogens with zero attached hydrogens (tertiary/aromatic N) is 1. The quantitative estimate of drug-likeness (QED) is 0.747. The Kier molecular flexibility index (Phi) is 3.39. The Morgan fingerprint density at radius 1 is 1.06 bits per heavy atom. The van der Waals surface area contributed by atoms with E-state index in [1.807, 2.05) is 0 Å². The predicted octanol–water partition coefficient (Wildman–Crippen LogP) is 1.13. The fraction of sp³-hybridized carbons (Fsp3) is 1.00. The van der Waals surface area contributed by atoms with Gasteiger partial charge in [0.1, 0.15) is 0 Å². The Morgan fingerprint density at radius 2 is 1.76 bits per heavy atom. The van der Waals surface area contributed by atoms with Crippen LogP contribution < -0.4 is 0 Å². The maximum Gasteiger partial charge on any atom is 0.170 e. The van der Waals surface area contributed by atoms with Gasteiger partial charge < -0.3 is 14.6 Å². The van der Waals surface area contributed by atoms with Crippen LogP contribution in [0.15, 0.2) is 0 Å². The van der Waals surface area contributed by atoms with Crippen molar-refractivity contribution in [2.45, 2.75) is 56.5 Å². The molecule has 1 saturated carbocycles. The number of hydrogen-bond donors (Lipinski definition) is 1. The van der Waals surface area contributed by atoms with E-state index < -0.39 is 0 Å². The van der Waals surface area contributed by atoms with Crippen molar-refractivity contribution in [2.75, 3.05) is 26.3 Å². The molecule has 2 atom stereocenters. The lowest BCUT2D eigenvalue weighted by Gasteiger charge is -2.45. The van der Waals surface area contributed by atoms with Gasteiger partial charge in [0, 0.05) is 18.9 Å². The van der Waals surface area contributed by atoms with Crippen molar-refractivity contribution in [2.24, 2.45) is 0 Å². The second-order valence-corrected chi connectivity index (χ2v) is 5.58. The minimum Gasteiger partial charge on any atom is -0.391 e. The lowest BCUT2D eigenvalue weighted by Crippen LogP contribution is -2.54. The van der Waals surface area contributed by atoms with E-state index in [4.69, 9.17) is 9.47 Å². The summed E-state index contributed by atoms with van der Waals surface area (Å²) in [5, 5.41) is 10.2. The van der Waals surface area contributed by atoms with E-state index in [1.54, 1.807) is 0 Å². The summed E-state index contributed by atoms with van der Waals surface area (Å²) in [5.41, 5.74) is 0. The maximum absolute atomic E-state index is 10.2. The molecular weight excluding hydrogens is 218 g/mol. The molecule has 0 radical (unpaired) electrons. The van der Waals surface area contributed by atoms with Crippen molar-refractivity contribution in [1.82, 2.24) is 4.90 Å². The Labute approximate surface area is 103 Å². The second kappa shape index (κ2) is 4.84. The van der Waals surface area contributed by atoms with Gasteiger partial charge in [-0.25, -0.2) is 0 Å². The first-order valence-electron chi connectivity index (χ1n) is 6.99. The minimum atomic E-state index is -0.374. The molecule has 0 bridgehead atoms. The highest BCUT2D eigenvalue weighted by molar-refractivity contribution is 4.93. The highest BCUT2D eigenvalue weighted by Crippen LogP contribution is 2.38. The number of rotatable bonds is 1. The standard InChI is InChI=1S/C13H23NO3/c15-12-4-5-13(16-8-9-17-13)10-11(12)14-6-2-1-3-7-14/h11-12,15H,1-10H2. The SMILES string of the molecule is OC1CCC2(CC1N1CCCCC1)OCCO2. The van der Waals surface area contributed by atoms with E-state index in [-0.39, 0.29) is 17.9 Å². The number of piperidine rings is 1. The molecule has 0 aromatic carbocycles. The van der Waals surface area contributed by atoms with Gasteiger partial charge in [-0.2, -0.15) is 0 Å². The summed E-state index contributed by atoms with van der Waals surface area (Å²) in [5.74, 6) is -0.374. The summed E-state index contributed by atoms with van der Waals surface area (Å²) in [6.07, 6.45) is 6.15. The van der Waals surface area contributed by atoms with Crippen LogP contribution in [0.1, 0.15) is 38.5 Å².